The Hall–Kier alpha value is -2.15. The number of hydrogen-bond donors (Lipinski definition) is 0. The number of hydrogen-bond acceptors (Lipinski definition) is 4. The highest BCUT2D eigenvalue weighted by molar-refractivity contribution is 6.00. The normalized spacial score (nSPS) is 26.0. The van der Waals surface area contributed by atoms with E-state index in [1.807, 2.05) is 17.0 Å². The maximum absolute atomic E-state index is 15.4. The molecule has 37 heavy (non-hydrogen) atoms. The van der Waals surface area contributed by atoms with E-state index < -0.39 is 5.41 Å². The fourth-order valence-corrected chi connectivity index (χ4v) is 7.78. The second kappa shape index (κ2) is 10.5. The van der Waals surface area contributed by atoms with E-state index in [1.54, 1.807) is 11.0 Å². The second-order valence-corrected chi connectivity index (χ2v) is 12.2. The molecule has 2 amide bonds. The zero-order valence-corrected chi connectivity index (χ0v) is 22.3. The number of carbonyl (C=O) groups is 2. The van der Waals surface area contributed by atoms with Gasteiger partial charge in [0, 0.05) is 50.4 Å². The molecule has 6 rings (SSSR count). The first-order valence-electron chi connectivity index (χ1n) is 14.9. The highest BCUT2D eigenvalue weighted by Gasteiger charge is 2.49. The van der Waals surface area contributed by atoms with Gasteiger partial charge in [-0.25, -0.2) is 4.39 Å². The first kappa shape index (κ1) is 25.1. The number of likely N-dealkylation sites (tertiary alicyclic amines) is 2. The van der Waals surface area contributed by atoms with Gasteiger partial charge in [0.05, 0.1) is 11.1 Å². The molecule has 5 fully saturated rings. The molecule has 1 aliphatic carbocycles. The number of piperidine rings is 2. The van der Waals surface area contributed by atoms with Crippen molar-refractivity contribution in [2.45, 2.75) is 83.1 Å². The molecule has 7 heteroatoms. The van der Waals surface area contributed by atoms with E-state index in [0.717, 1.165) is 63.7 Å². The minimum atomic E-state index is -0.439. The maximum Gasteiger partial charge on any atom is 0.233 e. The molecule has 4 heterocycles. The van der Waals surface area contributed by atoms with Crippen LogP contribution >= 0.6 is 0 Å². The van der Waals surface area contributed by atoms with Crippen molar-refractivity contribution < 1.29 is 14.0 Å². The lowest BCUT2D eigenvalue weighted by atomic mass is 9.76. The van der Waals surface area contributed by atoms with E-state index >= 15 is 4.39 Å². The third-order valence-electron chi connectivity index (χ3n) is 10.2. The van der Waals surface area contributed by atoms with Crippen LogP contribution in [0.2, 0.25) is 0 Å². The summed E-state index contributed by atoms with van der Waals surface area (Å²) in [5.74, 6) is 0.227. The molecule has 1 spiro atoms. The largest absolute Gasteiger partial charge is 0.371 e. The Balaban J connectivity index is 1.06. The van der Waals surface area contributed by atoms with Gasteiger partial charge in [0.15, 0.2) is 0 Å². The van der Waals surface area contributed by atoms with Gasteiger partial charge in [-0.1, -0.05) is 19.3 Å². The van der Waals surface area contributed by atoms with Crippen LogP contribution in [0.5, 0.6) is 0 Å². The molecular formula is C30H43FN4O2. The monoisotopic (exact) mass is 510 g/mol. The molecule has 4 saturated heterocycles. The zero-order valence-electron chi connectivity index (χ0n) is 22.3. The smallest absolute Gasteiger partial charge is 0.233 e. The van der Waals surface area contributed by atoms with E-state index in [-0.39, 0.29) is 17.6 Å². The first-order chi connectivity index (χ1) is 18.0. The summed E-state index contributed by atoms with van der Waals surface area (Å²) in [6.07, 6.45) is 12.6. The Labute approximate surface area is 221 Å². The number of rotatable bonds is 4. The molecule has 1 aromatic carbocycles. The predicted molar refractivity (Wildman–Crippen MR) is 144 cm³/mol. The summed E-state index contributed by atoms with van der Waals surface area (Å²) in [7, 11) is 0. The van der Waals surface area contributed by atoms with Crippen molar-refractivity contribution in [3.8, 4) is 0 Å². The van der Waals surface area contributed by atoms with Crippen LogP contribution in [0, 0.1) is 17.2 Å². The van der Waals surface area contributed by atoms with E-state index in [0.29, 0.717) is 50.1 Å². The Morgan fingerprint density at radius 1 is 0.811 bits per heavy atom. The fraction of sp³-hybridized carbons (Fsp3) is 0.733. The molecule has 6 nitrogen and oxygen atoms in total. The van der Waals surface area contributed by atoms with Crippen molar-refractivity contribution in [1.29, 1.82) is 0 Å². The molecule has 202 valence electrons. The third-order valence-corrected chi connectivity index (χ3v) is 10.2. The molecule has 0 unspecified atom stereocenters. The lowest BCUT2D eigenvalue weighted by Crippen LogP contribution is -2.48. The van der Waals surface area contributed by atoms with Gasteiger partial charge in [-0.15, -0.1) is 0 Å². The summed E-state index contributed by atoms with van der Waals surface area (Å²) in [6, 6.07) is 6.12. The van der Waals surface area contributed by atoms with E-state index in [4.69, 9.17) is 0 Å². The Morgan fingerprint density at radius 3 is 2.16 bits per heavy atom. The summed E-state index contributed by atoms with van der Waals surface area (Å²) in [4.78, 5) is 35.2. The number of nitrogens with zero attached hydrogens (tertiary/aromatic N) is 4. The number of amides is 2. The summed E-state index contributed by atoms with van der Waals surface area (Å²) >= 11 is 0. The number of carbonyl (C=O) groups excluding carboxylic acids is 2. The maximum atomic E-state index is 15.4. The van der Waals surface area contributed by atoms with Gasteiger partial charge in [0.1, 0.15) is 5.82 Å². The van der Waals surface area contributed by atoms with E-state index in [9.17, 15) is 9.59 Å². The Bertz CT molecular complexity index is 987. The van der Waals surface area contributed by atoms with Crippen LogP contribution in [0.25, 0.3) is 0 Å². The summed E-state index contributed by atoms with van der Waals surface area (Å²) in [5, 5.41) is 0. The highest BCUT2D eigenvalue weighted by atomic mass is 19.1. The molecule has 0 N–H and O–H groups in total. The molecule has 0 aromatic heterocycles. The van der Waals surface area contributed by atoms with Crippen LogP contribution in [-0.4, -0.2) is 73.5 Å². The molecular weight excluding hydrogens is 467 g/mol. The van der Waals surface area contributed by atoms with Crippen molar-refractivity contribution in [3.63, 3.8) is 0 Å². The van der Waals surface area contributed by atoms with Gasteiger partial charge in [-0.05, 0) is 89.1 Å². The Kier molecular flexibility index (Phi) is 7.17. The lowest BCUT2D eigenvalue weighted by Gasteiger charge is -2.39. The van der Waals surface area contributed by atoms with Gasteiger partial charge in [0.2, 0.25) is 11.8 Å². The molecule has 0 bridgehead atoms. The van der Waals surface area contributed by atoms with Crippen molar-refractivity contribution in [2.75, 3.05) is 55.6 Å². The topological polar surface area (TPSA) is 47.1 Å². The standard InChI is InChI=1S/C30H43FN4O2/c31-26-22-25(33-17-10-24(11-18-33)32-15-4-5-16-32)8-9-27(26)35-21-14-30(29(35)37)12-19-34(20-13-30)28(36)23-6-2-1-3-7-23/h8-9,22-24H,1-7,10-21H2. The molecule has 0 radical (unpaired) electrons. The minimum Gasteiger partial charge on any atom is -0.371 e. The van der Waals surface area contributed by atoms with Gasteiger partial charge < -0.3 is 19.6 Å². The molecule has 4 aliphatic heterocycles. The molecule has 1 aromatic rings. The molecule has 0 atom stereocenters. The van der Waals surface area contributed by atoms with Crippen molar-refractivity contribution in [3.05, 3.63) is 24.0 Å². The fourth-order valence-electron chi connectivity index (χ4n) is 7.78. The van der Waals surface area contributed by atoms with Crippen molar-refractivity contribution in [1.82, 2.24) is 9.80 Å². The minimum absolute atomic E-state index is 0.0512. The van der Waals surface area contributed by atoms with Gasteiger partial charge in [0.25, 0.3) is 0 Å². The van der Waals surface area contributed by atoms with Gasteiger partial charge in [-0.2, -0.15) is 0 Å². The average Bonchev–Trinajstić information content (AvgIpc) is 3.59. The Morgan fingerprint density at radius 2 is 1.49 bits per heavy atom. The van der Waals surface area contributed by atoms with E-state index in [2.05, 4.69) is 9.80 Å². The van der Waals surface area contributed by atoms with Gasteiger partial charge in [-0.3, -0.25) is 9.59 Å². The number of benzene rings is 1. The van der Waals surface area contributed by atoms with Gasteiger partial charge >= 0.3 is 0 Å². The van der Waals surface area contributed by atoms with Crippen LogP contribution in [0.4, 0.5) is 15.8 Å². The average molecular weight is 511 g/mol. The number of anilines is 2. The van der Waals surface area contributed by atoms with E-state index in [1.165, 1.54) is 32.4 Å². The van der Waals surface area contributed by atoms with Crippen LogP contribution in [0.1, 0.15) is 77.0 Å². The summed E-state index contributed by atoms with van der Waals surface area (Å²) in [5.41, 5.74) is 0.904. The van der Waals surface area contributed by atoms with Crippen LogP contribution in [0.3, 0.4) is 0 Å². The summed E-state index contributed by atoms with van der Waals surface area (Å²) in [6.45, 7) is 6.26. The number of halogens is 1. The second-order valence-electron chi connectivity index (χ2n) is 12.2. The predicted octanol–water partition coefficient (Wildman–Crippen LogP) is 4.82. The SMILES string of the molecule is O=C(C1CCCCC1)N1CCC2(CC1)CCN(c1ccc(N3CCC(N4CCCC4)CC3)cc1F)C2=O. The van der Waals surface area contributed by atoms with Crippen LogP contribution in [0.15, 0.2) is 18.2 Å². The van der Waals surface area contributed by atoms with Crippen molar-refractivity contribution >= 4 is 23.2 Å². The quantitative estimate of drug-likeness (QED) is 0.583. The van der Waals surface area contributed by atoms with Crippen molar-refractivity contribution in [2.24, 2.45) is 11.3 Å². The highest BCUT2D eigenvalue weighted by Crippen LogP contribution is 2.44. The molecule has 5 aliphatic rings. The molecule has 1 saturated carbocycles. The lowest BCUT2D eigenvalue weighted by molar-refractivity contribution is -0.141. The van der Waals surface area contributed by atoms with Crippen LogP contribution < -0.4 is 9.80 Å². The zero-order chi connectivity index (χ0) is 25.4. The first-order valence-corrected chi connectivity index (χ1v) is 14.9. The van der Waals surface area contributed by atoms with Crippen LogP contribution in [-0.2, 0) is 9.59 Å². The summed E-state index contributed by atoms with van der Waals surface area (Å²) < 4.78 is 15.4. The third kappa shape index (κ3) is 4.88.